The van der Waals surface area contributed by atoms with E-state index in [4.69, 9.17) is 25.8 Å². The Morgan fingerprint density at radius 3 is 2.67 bits per heavy atom. The molecule has 1 aliphatic heterocycles. The van der Waals surface area contributed by atoms with Gasteiger partial charge >= 0.3 is 0 Å². The molecule has 9 heteroatoms. The van der Waals surface area contributed by atoms with E-state index in [1.54, 1.807) is 31.3 Å². The zero-order chi connectivity index (χ0) is 25.7. The molecule has 0 saturated carbocycles. The van der Waals surface area contributed by atoms with E-state index in [0.717, 1.165) is 18.4 Å². The van der Waals surface area contributed by atoms with Gasteiger partial charge in [0.2, 0.25) is 0 Å². The maximum atomic E-state index is 13.4. The fourth-order valence-corrected chi connectivity index (χ4v) is 4.72. The molecule has 0 spiro atoms. The highest BCUT2D eigenvalue weighted by molar-refractivity contribution is 6.31. The molecule has 0 bridgehead atoms. The number of nitrogens with zero attached hydrogens (tertiary/aromatic N) is 2. The van der Waals surface area contributed by atoms with Crippen LogP contribution in [0.2, 0.25) is 5.02 Å². The molecule has 2 aromatic carbocycles. The lowest BCUT2D eigenvalue weighted by atomic mass is 9.95. The van der Waals surface area contributed by atoms with E-state index < -0.39 is 6.04 Å². The minimum absolute atomic E-state index is 0.0274. The zero-order valence-corrected chi connectivity index (χ0v) is 21.6. The predicted molar refractivity (Wildman–Crippen MR) is 138 cm³/mol. The molecule has 1 unspecified atom stereocenters. The summed E-state index contributed by atoms with van der Waals surface area (Å²) in [6, 6.07) is 10.00. The number of fused-ring (bicyclic) bond motifs is 1. The lowest BCUT2D eigenvalue weighted by Crippen LogP contribution is -2.32. The lowest BCUT2D eigenvalue weighted by Gasteiger charge is -2.26. The molecule has 1 amide bonds. The minimum atomic E-state index is -0.470. The molecule has 2 heterocycles. The van der Waals surface area contributed by atoms with Crippen LogP contribution in [0.3, 0.4) is 0 Å². The van der Waals surface area contributed by atoms with Crippen molar-refractivity contribution in [1.29, 1.82) is 0 Å². The Hall–Kier alpha value is -3.23. The number of ether oxygens (including phenoxy) is 3. The highest BCUT2D eigenvalue weighted by Gasteiger charge is 2.42. The summed E-state index contributed by atoms with van der Waals surface area (Å²) in [5, 5.41) is 18.3. The number of benzene rings is 2. The van der Waals surface area contributed by atoms with Crippen molar-refractivity contribution in [3.8, 4) is 28.5 Å². The number of phenolic OH excluding ortho intramolecular Hbond substituents is 1. The number of amides is 1. The topological polar surface area (TPSA) is 96.9 Å². The van der Waals surface area contributed by atoms with Gasteiger partial charge in [-0.25, -0.2) is 0 Å². The van der Waals surface area contributed by atoms with Crippen molar-refractivity contribution in [2.75, 3.05) is 34.0 Å². The summed E-state index contributed by atoms with van der Waals surface area (Å²) in [5.74, 6) is 1.08. The number of nitrogens with one attached hydrogen (secondary N) is 1. The highest BCUT2D eigenvalue weighted by atomic mass is 35.5. The second-order valence-corrected chi connectivity index (χ2v) is 9.17. The molecule has 0 saturated heterocycles. The molecular formula is C27H32ClN3O5. The molecule has 0 aliphatic carbocycles. The number of aromatic amines is 1. The van der Waals surface area contributed by atoms with Crippen molar-refractivity contribution in [2.45, 2.75) is 38.6 Å². The second kappa shape index (κ2) is 11.7. The Balaban J connectivity index is 1.73. The molecule has 3 aromatic rings. The molecule has 2 N–H and O–H groups in total. The van der Waals surface area contributed by atoms with E-state index in [0.29, 0.717) is 58.8 Å². The second-order valence-electron chi connectivity index (χ2n) is 8.74. The van der Waals surface area contributed by atoms with Gasteiger partial charge in [-0.1, -0.05) is 43.9 Å². The van der Waals surface area contributed by atoms with Gasteiger partial charge in [-0.05, 0) is 42.3 Å². The number of carbonyl (C=O) groups is 1. The number of carbonyl (C=O) groups excluding carboxylic acids is 1. The number of rotatable bonds is 12. The van der Waals surface area contributed by atoms with E-state index in [-0.39, 0.29) is 11.7 Å². The van der Waals surface area contributed by atoms with Gasteiger partial charge in [0.25, 0.3) is 5.91 Å². The number of unbranched alkanes of at least 4 members (excludes halogenated alkanes) is 3. The zero-order valence-electron chi connectivity index (χ0n) is 20.8. The average molecular weight is 514 g/mol. The molecular weight excluding hydrogens is 482 g/mol. The fourth-order valence-electron chi connectivity index (χ4n) is 4.55. The fraction of sp³-hybridized carbons (Fsp3) is 0.407. The van der Waals surface area contributed by atoms with Gasteiger partial charge in [0, 0.05) is 29.8 Å². The van der Waals surface area contributed by atoms with Crippen molar-refractivity contribution >= 4 is 17.5 Å². The van der Waals surface area contributed by atoms with Gasteiger partial charge in [-0.15, -0.1) is 0 Å². The van der Waals surface area contributed by atoms with Crippen molar-refractivity contribution in [3.05, 3.63) is 58.2 Å². The molecule has 0 fully saturated rings. The van der Waals surface area contributed by atoms with Crippen molar-refractivity contribution < 1.29 is 24.1 Å². The summed E-state index contributed by atoms with van der Waals surface area (Å²) in [6.07, 6.45) is 4.45. The van der Waals surface area contributed by atoms with Crippen molar-refractivity contribution in [1.82, 2.24) is 15.1 Å². The number of hydrogen-bond acceptors (Lipinski definition) is 6. The first-order chi connectivity index (χ1) is 17.5. The van der Waals surface area contributed by atoms with Gasteiger partial charge in [0.15, 0.2) is 11.5 Å². The van der Waals surface area contributed by atoms with Crippen LogP contribution in [0.4, 0.5) is 0 Å². The van der Waals surface area contributed by atoms with Crippen LogP contribution < -0.4 is 9.47 Å². The normalized spacial score (nSPS) is 14.8. The maximum Gasteiger partial charge on any atom is 0.273 e. The summed E-state index contributed by atoms with van der Waals surface area (Å²) in [5.41, 5.74) is 2.80. The predicted octanol–water partition coefficient (Wildman–Crippen LogP) is 5.60. The number of H-pyrrole nitrogens is 1. The van der Waals surface area contributed by atoms with Gasteiger partial charge in [0.1, 0.15) is 17.1 Å². The SMILES string of the molecule is CCCCCCOc1ccc(C2c3c(-c4cc(Cl)ccc4O)n[nH]c3C(=O)N2CCOC)cc1OC. The number of halogens is 1. The maximum absolute atomic E-state index is 13.4. The number of methoxy groups -OCH3 is 2. The van der Waals surface area contributed by atoms with Crippen LogP contribution in [-0.4, -0.2) is 60.1 Å². The Morgan fingerprint density at radius 1 is 1.08 bits per heavy atom. The molecule has 1 atom stereocenters. The standard InChI is InChI=1S/C27H32ClN3O5/c1-4-5-6-7-13-36-21-11-8-17(15-22(21)35-3)26-23-24(19-16-18(28)9-10-20(19)32)29-30-25(23)27(33)31(26)12-14-34-2/h8-11,15-16,26,32H,4-7,12-14H2,1-3H3,(H,29,30). The number of hydrogen-bond donors (Lipinski definition) is 2. The van der Waals surface area contributed by atoms with Crippen LogP contribution in [0.25, 0.3) is 11.3 Å². The van der Waals surface area contributed by atoms with Crippen LogP contribution in [0, 0.1) is 0 Å². The first kappa shape index (κ1) is 25.9. The van der Waals surface area contributed by atoms with E-state index in [9.17, 15) is 9.90 Å². The Bertz CT molecular complexity index is 1210. The summed E-state index contributed by atoms with van der Waals surface area (Å²) in [6.45, 7) is 3.54. The third kappa shape index (κ3) is 5.15. The number of aromatic nitrogens is 2. The van der Waals surface area contributed by atoms with Crippen LogP contribution in [-0.2, 0) is 4.74 Å². The van der Waals surface area contributed by atoms with Gasteiger partial charge in [-0.3, -0.25) is 9.89 Å². The molecule has 1 aromatic heterocycles. The van der Waals surface area contributed by atoms with Crippen LogP contribution >= 0.6 is 11.6 Å². The number of aromatic hydroxyl groups is 1. The highest BCUT2D eigenvalue weighted by Crippen LogP contribution is 2.46. The Labute approximate surface area is 216 Å². The summed E-state index contributed by atoms with van der Waals surface area (Å²) >= 11 is 6.22. The van der Waals surface area contributed by atoms with Crippen LogP contribution in [0.5, 0.6) is 17.2 Å². The van der Waals surface area contributed by atoms with Gasteiger partial charge in [-0.2, -0.15) is 5.10 Å². The van der Waals surface area contributed by atoms with E-state index in [1.165, 1.54) is 18.9 Å². The average Bonchev–Trinajstić information content (AvgIpc) is 3.42. The van der Waals surface area contributed by atoms with Crippen LogP contribution in [0.15, 0.2) is 36.4 Å². The van der Waals surface area contributed by atoms with Crippen molar-refractivity contribution in [3.63, 3.8) is 0 Å². The summed E-state index contributed by atoms with van der Waals surface area (Å²) in [7, 11) is 3.20. The molecule has 4 rings (SSSR count). The summed E-state index contributed by atoms with van der Waals surface area (Å²) in [4.78, 5) is 15.1. The van der Waals surface area contributed by atoms with Gasteiger partial charge in [0.05, 0.1) is 26.4 Å². The quantitative estimate of drug-likeness (QED) is 0.306. The molecule has 192 valence electrons. The first-order valence-electron chi connectivity index (χ1n) is 12.2. The Kier molecular flexibility index (Phi) is 8.38. The number of phenols is 1. The third-order valence-electron chi connectivity index (χ3n) is 6.37. The molecule has 0 radical (unpaired) electrons. The monoisotopic (exact) mass is 513 g/mol. The minimum Gasteiger partial charge on any atom is -0.507 e. The van der Waals surface area contributed by atoms with E-state index in [2.05, 4.69) is 17.1 Å². The Morgan fingerprint density at radius 2 is 1.92 bits per heavy atom. The molecule has 36 heavy (non-hydrogen) atoms. The van der Waals surface area contributed by atoms with E-state index >= 15 is 0 Å². The molecule has 8 nitrogen and oxygen atoms in total. The molecule has 1 aliphatic rings. The third-order valence-corrected chi connectivity index (χ3v) is 6.61. The van der Waals surface area contributed by atoms with Gasteiger partial charge < -0.3 is 24.2 Å². The van der Waals surface area contributed by atoms with Crippen molar-refractivity contribution in [2.24, 2.45) is 0 Å². The lowest BCUT2D eigenvalue weighted by molar-refractivity contribution is 0.0677. The van der Waals surface area contributed by atoms with E-state index in [1.807, 2.05) is 18.2 Å². The van der Waals surface area contributed by atoms with Crippen LogP contribution in [0.1, 0.15) is 60.3 Å². The summed E-state index contributed by atoms with van der Waals surface area (Å²) < 4.78 is 16.9. The first-order valence-corrected chi connectivity index (χ1v) is 12.6. The smallest absolute Gasteiger partial charge is 0.273 e. The largest absolute Gasteiger partial charge is 0.507 e.